The van der Waals surface area contributed by atoms with Crippen LogP contribution in [0.3, 0.4) is 0 Å². The average molecular weight is 452 g/mol. The number of rotatable bonds is 7. The zero-order chi connectivity index (χ0) is 23.5. The molecule has 2 aliphatic rings. The van der Waals surface area contributed by atoms with Crippen molar-refractivity contribution in [2.45, 2.75) is 38.0 Å². The third-order valence-electron chi connectivity index (χ3n) is 6.29. The number of nitrogens with one attached hydrogen (secondary N) is 1. The van der Waals surface area contributed by atoms with E-state index in [1.54, 1.807) is 21.3 Å². The monoisotopic (exact) mass is 451 g/mol. The number of ether oxygens (including phenoxy) is 4. The summed E-state index contributed by atoms with van der Waals surface area (Å²) in [7, 11) is 4.69. The minimum Gasteiger partial charge on any atom is -0.494 e. The Labute approximate surface area is 193 Å². The summed E-state index contributed by atoms with van der Waals surface area (Å²) in [4.78, 5) is 26.0. The second-order valence-corrected chi connectivity index (χ2v) is 8.19. The topological polar surface area (TPSA) is 83.1 Å². The molecule has 33 heavy (non-hydrogen) atoms. The summed E-state index contributed by atoms with van der Waals surface area (Å²) >= 11 is 0. The van der Waals surface area contributed by atoms with Gasteiger partial charge in [0.15, 0.2) is 17.3 Å². The van der Waals surface area contributed by atoms with Crippen LogP contribution in [0.4, 0.5) is 0 Å². The number of benzene rings is 2. The lowest BCUT2D eigenvalue weighted by Gasteiger charge is -2.34. The van der Waals surface area contributed by atoms with E-state index in [2.05, 4.69) is 5.32 Å². The molecule has 2 aromatic carbocycles. The van der Waals surface area contributed by atoms with E-state index in [1.807, 2.05) is 43.3 Å². The Morgan fingerprint density at radius 1 is 0.879 bits per heavy atom. The van der Waals surface area contributed by atoms with Gasteiger partial charge in [-0.25, -0.2) is 0 Å². The molecule has 2 atom stereocenters. The van der Waals surface area contributed by atoms with Crippen LogP contribution in [0.15, 0.2) is 47.7 Å². The van der Waals surface area contributed by atoms with Crippen molar-refractivity contribution in [3.8, 4) is 23.0 Å². The number of carbonyl (C=O) groups is 2. The summed E-state index contributed by atoms with van der Waals surface area (Å²) in [5, 5.41) is 2.97. The number of hydrogen-bond donors (Lipinski definition) is 1. The molecule has 0 fully saturated rings. The van der Waals surface area contributed by atoms with Gasteiger partial charge in [-0.15, -0.1) is 0 Å². The summed E-state index contributed by atoms with van der Waals surface area (Å²) < 4.78 is 21.9. The van der Waals surface area contributed by atoms with Crippen LogP contribution in [0.1, 0.15) is 49.1 Å². The van der Waals surface area contributed by atoms with Gasteiger partial charge in [0.25, 0.3) is 0 Å². The first-order chi connectivity index (χ1) is 16.0. The maximum Gasteiger partial charge on any atom is 0.225 e. The van der Waals surface area contributed by atoms with Crippen LogP contribution in [0, 0.1) is 0 Å². The largest absolute Gasteiger partial charge is 0.494 e. The molecule has 1 amide bonds. The quantitative estimate of drug-likeness (QED) is 0.682. The summed E-state index contributed by atoms with van der Waals surface area (Å²) in [6.45, 7) is 2.52. The van der Waals surface area contributed by atoms with Gasteiger partial charge in [-0.1, -0.05) is 12.1 Å². The van der Waals surface area contributed by atoms with Crippen molar-refractivity contribution < 1.29 is 28.5 Å². The van der Waals surface area contributed by atoms with Crippen LogP contribution in [0.2, 0.25) is 0 Å². The SMILES string of the molecule is CCOc1ccc([C@H]2CC(=O)NC3=C2C(=O)C[C@H](c2cc(OC)c(OC)c(OC)c2)C3)cc1. The second-order valence-electron chi connectivity index (χ2n) is 8.19. The van der Waals surface area contributed by atoms with Gasteiger partial charge >= 0.3 is 0 Å². The molecule has 7 heteroatoms. The first-order valence-corrected chi connectivity index (χ1v) is 11.1. The highest BCUT2D eigenvalue weighted by molar-refractivity contribution is 6.02. The van der Waals surface area contributed by atoms with Gasteiger partial charge in [0.2, 0.25) is 11.7 Å². The lowest BCUT2D eigenvalue weighted by atomic mass is 9.73. The zero-order valence-corrected chi connectivity index (χ0v) is 19.4. The van der Waals surface area contributed by atoms with E-state index in [4.69, 9.17) is 18.9 Å². The number of ketones is 1. The van der Waals surface area contributed by atoms with E-state index < -0.39 is 0 Å². The minimum atomic E-state index is -0.252. The summed E-state index contributed by atoms with van der Waals surface area (Å²) in [5.74, 6) is 1.97. The fourth-order valence-electron chi connectivity index (χ4n) is 4.78. The van der Waals surface area contributed by atoms with Crippen LogP contribution >= 0.6 is 0 Å². The Hall–Kier alpha value is -3.48. The molecule has 0 radical (unpaired) electrons. The van der Waals surface area contributed by atoms with E-state index in [0.717, 1.165) is 16.9 Å². The van der Waals surface area contributed by atoms with Gasteiger partial charge in [-0.05, 0) is 54.7 Å². The van der Waals surface area contributed by atoms with Crippen LogP contribution in [0.25, 0.3) is 0 Å². The lowest BCUT2D eigenvalue weighted by molar-refractivity contribution is -0.122. The molecule has 2 aromatic rings. The fraction of sp³-hybridized carbons (Fsp3) is 0.385. The van der Waals surface area contributed by atoms with E-state index in [9.17, 15) is 9.59 Å². The second kappa shape index (κ2) is 9.57. The predicted octanol–water partition coefficient (Wildman–Crippen LogP) is 4.12. The smallest absolute Gasteiger partial charge is 0.225 e. The van der Waals surface area contributed by atoms with Crippen molar-refractivity contribution >= 4 is 11.7 Å². The summed E-state index contributed by atoms with van der Waals surface area (Å²) in [6, 6.07) is 11.4. The zero-order valence-electron chi connectivity index (χ0n) is 19.4. The van der Waals surface area contributed by atoms with Crippen molar-refractivity contribution in [2.75, 3.05) is 27.9 Å². The molecule has 0 bridgehead atoms. The van der Waals surface area contributed by atoms with Crippen molar-refractivity contribution in [2.24, 2.45) is 0 Å². The highest BCUT2D eigenvalue weighted by Crippen LogP contribution is 2.46. The average Bonchev–Trinajstić information content (AvgIpc) is 2.82. The van der Waals surface area contributed by atoms with Gasteiger partial charge in [-0.2, -0.15) is 0 Å². The van der Waals surface area contributed by atoms with Crippen molar-refractivity contribution in [1.29, 1.82) is 0 Å². The van der Waals surface area contributed by atoms with Crippen molar-refractivity contribution in [1.82, 2.24) is 5.32 Å². The molecular weight excluding hydrogens is 422 g/mol. The minimum absolute atomic E-state index is 0.0499. The molecule has 174 valence electrons. The van der Waals surface area contributed by atoms with Gasteiger partial charge < -0.3 is 24.3 Å². The molecule has 7 nitrogen and oxygen atoms in total. The third kappa shape index (κ3) is 4.40. The predicted molar refractivity (Wildman–Crippen MR) is 123 cm³/mol. The molecule has 0 unspecified atom stereocenters. The fourth-order valence-corrected chi connectivity index (χ4v) is 4.78. The highest BCUT2D eigenvalue weighted by Gasteiger charge is 2.38. The van der Waals surface area contributed by atoms with Gasteiger partial charge in [0.05, 0.1) is 27.9 Å². The maximum absolute atomic E-state index is 13.4. The number of allylic oxidation sites excluding steroid dienone is 2. The number of carbonyl (C=O) groups excluding carboxylic acids is 2. The van der Waals surface area contributed by atoms with E-state index in [0.29, 0.717) is 48.0 Å². The molecule has 0 spiro atoms. The van der Waals surface area contributed by atoms with Crippen LogP contribution in [-0.2, 0) is 9.59 Å². The Bertz CT molecular complexity index is 1060. The van der Waals surface area contributed by atoms with E-state index in [1.165, 1.54) is 0 Å². The molecule has 0 saturated heterocycles. The number of Topliss-reactive ketones (excluding diaryl/α,β-unsaturated/α-hetero) is 1. The molecule has 1 N–H and O–H groups in total. The number of amides is 1. The van der Waals surface area contributed by atoms with E-state index >= 15 is 0 Å². The first kappa shape index (κ1) is 22.7. The Balaban J connectivity index is 1.68. The highest BCUT2D eigenvalue weighted by atomic mass is 16.5. The van der Waals surface area contributed by atoms with Crippen molar-refractivity contribution in [3.63, 3.8) is 0 Å². The Morgan fingerprint density at radius 2 is 1.55 bits per heavy atom. The van der Waals surface area contributed by atoms with Crippen LogP contribution in [-0.4, -0.2) is 39.6 Å². The molecule has 4 rings (SSSR count). The Kier molecular flexibility index (Phi) is 6.58. The van der Waals surface area contributed by atoms with Crippen LogP contribution in [0.5, 0.6) is 23.0 Å². The lowest BCUT2D eigenvalue weighted by Crippen LogP contribution is -2.38. The van der Waals surface area contributed by atoms with Crippen LogP contribution < -0.4 is 24.3 Å². The molecule has 0 saturated carbocycles. The number of methoxy groups -OCH3 is 3. The van der Waals surface area contributed by atoms with Gasteiger partial charge in [0, 0.05) is 30.0 Å². The molecule has 0 aromatic heterocycles. The normalized spacial score (nSPS) is 20.1. The van der Waals surface area contributed by atoms with E-state index in [-0.39, 0.29) is 29.9 Å². The standard InChI is InChI=1S/C26H29NO6/c1-5-33-18-8-6-15(7-9-18)19-14-24(29)27-20-10-16(11-21(28)25(19)20)17-12-22(30-2)26(32-4)23(13-17)31-3/h6-9,12-13,16,19H,5,10-11,14H2,1-4H3,(H,27,29)/t16-,19-/m1/s1. The van der Waals surface area contributed by atoms with Gasteiger partial charge in [0.1, 0.15) is 5.75 Å². The summed E-state index contributed by atoms with van der Waals surface area (Å²) in [6.07, 6.45) is 1.16. The Morgan fingerprint density at radius 3 is 2.12 bits per heavy atom. The molecule has 1 heterocycles. The maximum atomic E-state index is 13.4. The van der Waals surface area contributed by atoms with Crippen molar-refractivity contribution in [3.05, 3.63) is 58.8 Å². The molecular formula is C26H29NO6. The summed E-state index contributed by atoms with van der Waals surface area (Å²) in [5.41, 5.74) is 3.27. The molecule has 1 aliphatic heterocycles. The third-order valence-corrected chi connectivity index (χ3v) is 6.29. The first-order valence-electron chi connectivity index (χ1n) is 11.1. The number of hydrogen-bond acceptors (Lipinski definition) is 6. The van der Waals surface area contributed by atoms with Gasteiger partial charge in [-0.3, -0.25) is 9.59 Å². The molecule has 1 aliphatic carbocycles.